The number of benzene rings is 2. The Labute approximate surface area is 162 Å². The minimum atomic E-state index is -0.944. The summed E-state index contributed by atoms with van der Waals surface area (Å²) in [5, 5.41) is 14.0. The first-order chi connectivity index (χ1) is 11.8. The molecule has 0 aliphatic carbocycles. The van der Waals surface area contributed by atoms with Gasteiger partial charge in [0, 0.05) is 25.2 Å². The Balaban J connectivity index is 2.06. The predicted molar refractivity (Wildman–Crippen MR) is 104 cm³/mol. The average Bonchev–Trinajstić information content (AvgIpc) is 2.56. The number of carbonyl (C=O) groups is 1. The zero-order valence-corrected chi connectivity index (χ0v) is 16.0. The van der Waals surface area contributed by atoms with Crippen molar-refractivity contribution in [3.05, 3.63) is 76.6 Å². The Morgan fingerprint density at radius 1 is 1.20 bits per heavy atom. The first kappa shape index (κ1) is 17.5. The number of halogens is 2. The van der Waals surface area contributed by atoms with Gasteiger partial charge in [-0.2, -0.15) is 0 Å². The number of fused-ring (bicyclic) bond motifs is 1. The summed E-state index contributed by atoms with van der Waals surface area (Å²) in [5.74, 6) is -0.653. The summed E-state index contributed by atoms with van der Waals surface area (Å²) in [4.78, 5) is 34.9. The number of nitrogens with one attached hydrogen (secondary N) is 1. The van der Waals surface area contributed by atoms with Crippen LogP contribution in [-0.4, -0.2) is 10.8 Å². The van der Waals surface area contributed by atoms with Gasteiger partial charge < -0.3 is 9.73 Å². The monoisotopic (exact) mass is 514 g/mol. The molecule has 1 amide bonds. The maximum atomic E-state index is 12.3. The fraction of sp³-hybridized carbons (Fsp3) is 0. The second-order valence-electron chi connectivity index (χ2n) is 5.01. The van der Waals surface area contributed by atoms with Crippen LogP contribution in [0.1, 0.15) is 10.4 Å². The maximum Gasteiger partial charge on any atom is 0.349 e. The highest BCUT2D eigenvalue weighted by Gasteiger charge is 2.20. The SMILES string of the molecule is O=C(Nc1ccc(I)cc1)c1cc2cc(Br)cc([N+](=O)[O-])c2oc1=O. The summed E-state index contributed by atoms with van der Waals surface area (Å²) < 4.78 is 6.47. The predicted octanol–water partition coefficient (Wildman–Crippen LogP) is 4.32. The van der Waals surface area contributed by atoms with Gasteiger partial charge in [-0.1, -0.05) is 15.9 Å². The number of anilines is 1. The maximum absolute atomic E-state index is 12.3. The molecule has 2 aromatic carbocycles. The number of hydrogen-bond donors (Lipinski definition) is 1. The molecule has 0 bridgehead atoms. The van der Waals surface area contributed by atoms with Gasteiger partial charge in [0.05, 0.1) is 4.92 Å². The lowest BCUT2D eigenvalue weighted by molar-refractivity contribution is -0.383. The fourth-order valence-corrected chi connectivity index (χ4v) is 3.03. The summed E-state index contributed by atoms with van der Waals surface area (Å²) in [7, 11) is 0. The highest BCUT2D eigenvalue weighted by Crippen LogP contribution is 2.29. The number of amides is 1. The van der Waals surface area contributed by atoms with E-state index in [9.17, 15) is 19.7 Å². The second-order valence-corrected chi connectivity index (χ2v) is 7.17. The van der Waals surface area contributed by atoms with Gasteiger partial charge >= 0.3 is 11.3 Å². The number of nitro benzene ring substituents is 1. The van der Waals surface area contributed by atoms with Crippen LogP contribution in [-0.2, 0) is 0 Å². The molecule has 1 aromatic heterocycles. The molecule has 0 atom stereocenters. The molecule has 0 spiro atoms. The van der Waals surface area contributed by atoms with Crippen LogP contribution >= 0.6 is 38.5 Å². The standard InChI is InChI=1S/C16H8BrIN2O5/c17-9-5-8-6-12(15(21)19-11-3-1-10(18)2-4-11)16(22)25-14(8)13(7-9)20(23)24/h1-7H,(H,19,21). The molecule has 3 rings (SSSR count). The van der Waals surface area contributed by atoms with Crippen LogP contribution in [0.25, 0.3) is 11.0 Å². The topological polar surface area (TPSA) is 102 Å². The lowest BCUT2D eigenvalue weighted by Gasteiger charge is -2.06. The molecule has 0 radical (unpaired) electrons. The zero-order chi connectivity index (χ0) is 18.1. The second kappa shape index (κ2) is 6.92. The highest BCUT2D eigenvalue weighted by atomic mass is 127. The van der Waals surface area contributed by atoms with Gasteiger partial charge in [0.1, 0.15) is 5.56 Å². The number of nitro groups is 1. The van der Waals surface area contributed by atoms with Crippen molar-refractivity contribution in [2.45, 2.75) is 0 Å². The molecular weight excluding hydrogens is 507 g/mol. The number of rotatable bonds is 3. The smallest absolute Gasteiger partial charge is 0.349 e. The lowest BCUT2D eigenvalue weighted by Crippen LogP contribution is -2.20. The van der Waals surface area contributed by atoms with Crippen LogP contribution < -0.4 is 10.9 Å². The molecule has 3 aromatic rings. The molecule has 9 heteroatoms. The molecule has 25 heavy (non-hydrogen) atoms. The van der Waals surface area contributed by atoms with E-state index in [1.54, 1.807) is 24.3 Å². The average molecular weight is 515 g/mol. The Morgan fingerprint density at radius 2 is 1.88 bits per heavy atom. The van der Waals surface area contributed by atoms with E-state index in [0.29, 0.717) is 10.2 Å². The van der Waals surface area contributed by atoms with E-state index in [2.05, 4.69) is 43.8 Å². The van der Waals surface area contributed by atoms with Crippen LogP contribution in [0.15, 0.2) is 56.1 Å². The van der Waals surface area contributed by atoms with Crippen molar-refractivity contribution in [2.75, 3.05) is 5.32 Å². The summed E-state index contributed by atoms with van der Waals surface area (Å²) in [6, 6.07) is 11.1. The van der Waals surface area contributed by atoms with E-state index < -0.39 is 16.5 Å². The molecule has 0 saturated heterocycles. The molecule has 7 nitrogen and oxygen atoms in total. The third-order valence-electron chi connectivity index (χ3n) is 3.32. The van der Waals surface area contributed by atoms with E-state index in [0.717, 1.165) is 3.57 Å². The van der Waals surface area contributed by atoms with Gasteiger partial charge in [-0.05, 0) is 59.0 Å². The van der Waals surface area contributed by atoms with E-state index in [1.165, 1.54) is 18.2 Å². The Kier molecular flexibility index (Phi) is 4.86. The zero-order valence-electron chi connectivity index (χ0n) is 12.3. The summed E-state index contributed by atoms with van der Waals surface area (Å²) in [5.41, 5.74) is -1.19. The van der Waals surface area contributed by atoms with E-state index >= 15 is 0 Å². The normalized spacial score (nSPS) is 10.6. The third kappa shape index (κ3) is 3.71. The van der Waals surface area contributed by atoms with Crippen molar-refractivity contribution >= 4 is 66.8 Å². The van der Waals surface area contributed by atoms with Crippen molar-refractivity contribution in [1.82, 2.24) is 0 Å². The molecule has 1 heterocycles. The number of non-ortho nitro benzene ring substituents is 1. The van der Waals surface area contributed by atoms with Crippen molar-refractivity contribution in [3.8, 4) is 0 Å². The fourth-order valence-electron chi connectivity index (χ4n) is 2.21. The Bertz CT molecular complexity index is 1060. The molecule has 0 saturated carbocycles. The van der Waals surface area contributed by atoms with Gasteiger partial charge in [-0.15, -0.1) is 0 Å². The third-order valence-corrected chi connectivity index (χ3v) is 4.50. The Hall–Kier alpha value is -2.27. The summed E-state index contributed by atoms with van der Waals surface area (Å²) in [6.45, 7) is 0. The first-order valence-electron chi connectivity index (χ1n) is 6.84. The van der Waals surface area contributed by atoms with E-state index in [4.69, 9.17) is 4.42 Å². The number of hydrogen-bond acceptors (Lipinski definition) is 5. The largest absolute Gasteiger partial charge is 0.415 e. The molecule has 0 aliphatic rings. The number of nitrogens with zero attached hydrogens (tertiary/aromatic N) is 1. The van der Waals surface area contributed by atoms with Crippen LogP contribution in [0.2, 0.25) is 0 Å². The van der Waals surface area contributed by atoms with Crippen LogP contribution in [0.4, 0.5) is 11.4 Å². The molecular formula is C16H8BrIN2O5. The molecule has 0 fully saturated rings. The van der Waals surface area contributed by atoms with Crippen molar-refractivity contribution in [3.63, 3.8) is 0 Å². The minimum absolute atomic E-state index is 0.177. The summed E-state index contributed by atoms with van der Waals surface area (Å²) in [6.07, 6.45) is 0. The van der Waals surface area contributed by atoms with E-state index in [-0.39, 0.29) is 22.2 Å². The Morgan fingerprint density at radius 3 is 2.52 bits per heavy atom. The highest BCUT2D eigenvalue weighted by molar-refractivity contribution is 14.1. The molecule has 126 valence electrons. The van der Waals surface area contributed by atoms with Crippen LogP contribution in [0.3, 0.4) is 0 Å². The quantitative estimate of drug-likeness (QED) is 0.243. The summed E-state index contributed by atoms with van der Waals surface area (Å²) >= 11 is 5.30. The van der Waals surface area contributed by atoms with Crippen molar-refractivity contribution < 1.29 is 14.1 Å². The van der Waals surface area contributed by atoms with Crippen molar-refractivity contribution in [1.29, 1.82) is 0 Å². The van der Waals surface area contributed by atoms with Gasteiger partial charge in [0.25, 0.3) is 5.91 Å². The van der Waals surface area contributed by atoms with E-state index in [1.807, 2.05) is 0 Å². The van der Waals surface area contributed by atoms with Crippen molar-refractivity contribution in [2.24, 2.45) is 0 Å². The first-order valence-corrected chi connectivity index (χ1v) is 8.71. The molecule has 0 unspecified atom stereocenters. The van der Waals surface area contributed by atoms with Gasteiger partial charge in [0.15, 0.2) is 0 Å². The van der Waals surface area contributed by atoms with Gasteiger partial charge in [-0.25, -0.2) is 4.79 Å². The van der Waals surface area contributed by atoms with Gasteiger partial charge in [0.2, 0.25) is 5.58 Å². The number of carbonyl (C=O) groups excluding carboxylic acids is 1. The van der Waals surface area contributed by atoms with Crippen LogP contribution in [0.5, 0.6) is 0 Å². The minimum Gasteiger partial charge on any atom is -0.415 e. The van der Waals surface area contributed by atoms with Crippen LogP contribution in [0, 0.1) is 13.7 Å². The molecule has 1 N–H and O–H groups in total. The lowest BCUT2D eigenvalue weighted by atomic mass is 10.1. The van der Waals surface area contributed by atoms with Gasteiger partial charge in [-0.3, -0.25) is 14.9 Å². The molecule has 0 aliphatic heterocycles.